The summed E-state index contributed by atoms with van der Waals surface area (Å²) in [7, 11) is 0. The van der Waals surface area contributed by atoms with Gasteiger partial charge in [0.2, 0.25) is 0 Å². The Morgan fingerprint density at radius 1 is 1.05 bits per heavy atom. The Morgan fingerprint density at radius 3 is 2.11 bits per heavy atom. The first kappa shape index (κ1) is 18.1. The van der Waals surface area contributed by atoms with E-state index in [0.29, 0.717) is 12.0 Å². The number of unbranched alkanes of at least 4 members (excludes halogenated alkanes) is 2. The summed E-state index contributed by atoms with van der Waals surface area (Å²) < 4.78 is 0. The highest BCUT2D eigenvalue weighted by atomic mass is 16.1. The molecule has 0 aliphatic carbocycles. The summed E-state index contributed by atoms with van der Waals surface area (Å²) >= 11 is 0. The van der Waals surface area contributed by atoms with Gasteiger partial charge in [0.15, 0.2) is 11.6 Å². The number of hydrogen-bond acceptors (Lipinski definition) is 2. The van der Waals surface area contributed by atoms with Gasteiger partial charge < -0.3 is 0 Å². The summed E-state index contributed by atoms with van der Waals surface area (Å²) in [5, 5.41) is 0. The Balaban J connectivity index is 4.75. The largest absolute Gasteiger partial charge is 0.295 e. The lowest BCUT2D eigenvalue weighted by molar-refractivity contribution is -0.125. The molecule has 0 spiro atoms. The zero-order chi connectivity index (χ0) is 14.9. The fourth-order valence-corrected chi connectivity index (χ4v) is 2.22. The van der Waals surface area contributed by atoms with Crippen LogP contribution in [0.25, 0.3) is 0 Å². The fraction of sp³-hybridized carbons (Fsp3) is 0.765. The van der Waals surface area contributed by atoms with Gasteiger partial charge in [-0.25, -0.2) is 0 Å². The molecular weight excluding hydrogens is 236 g/mol. The second kappa shape index (κ2) is 9.06. The van der Waals surface area contributed by atoms with Gasteiger partial charge in [-0.1, -0.05) is 47.0 Å². The molecule has 0 aliphatic heterocycles. The first-order valence-electron chi connectivity index (χ1n) is 7.67. The fourth-order valence-electron chi connectivity index (χ4n) is 2.22. The van der Waals surface area contributed by atoms with Crippen LogP contribution in [-0.4, -0.2) is 11.6 Å². The minimum atomic E-state index is -0.304. The predicted molar refractivity (Wildman–Crippen MR) is 81.2 cm³/mol. The number of ketones is 2. The van der Waals surface area contributed by atoms with E-state index in [1.807, 2.05) is 6.92 Å². The van der Waals surface area contributed by atoms with Crippen molar-refractivity contribution in [2.24, 2.45) is 5.41 Å². The van der Waals surface area contributed by atoms with Crippen molar-refractivity contribution < 1.29 is 9.59 Å². The topological polar surface area (TPSA) is 34.1 Å². The third-order valence-electron chi connectivity index (χ3n) is 3.92. The molecule has 0 saturated heterocycles. The lowest BCUT2D eigenvalue weighted by Gasteiger charge is -2.26. The van der Waals surface area contributed by atoms with E-state index < -0.39 is 0 Å². The molecule has 0 aliphatic rings. The van der Waals surface area contributed by atoms with Gasteiger partial charge in [-0.2, -0.15) is 0 Å². The van der Waals surface area contributed by atoms with Crippen LogP contribution in [-0.2, 0) is 9.59 Å². The molecule has 1 unspecified atom stereocenters. The standard InChI is InChI=1S/C17H30O2/c1-6-9-11-15(18)13-14(4)16(19)17(5,8-3)12-10-7-2/h13H,6-12H2,1-5H3. The molecule has 0 rings (SSSR count). The van der Waals surface area contributed by atoms with E-state index in [9.17, 15) is 9.59 Å². The van der Waals surface area contributed by atoms with E-state index >= 15 is 0 Å². The van der Waals surface area contributed by atoms with E-state index in [1.54, 1.807) is 13.0 Å². The maximum atomic E-state index is 12.5. The van der Waals surface area contributed by atoms with Crippen molar-refractivity contribution in [2.75, 3.05) is 0 Å². The zero-order valence-corrected chi connectivity index (χ0v) is 13.3. The average Bonchev–Trinajstić information content (AvgIpc) is 2.41. The van der Waals surface area contributed by atoms with E-state index in [2.05, 4.69) is 20.8 Å². The van der Waals surface area contributed by atoms with Crippen molar-refractivity contribution in [3.05, 3.63) is 11.6 Å². The van der Waals surface area contributed by atoms with Crippen molar-refractivity contribution in [1.82, 2.24) is 0 Å². The Morgan fingerprint density at radius 2 is 1.63 bits per heavy atom. The molecule has 2 nitrogen and oxygen atoms in total. The van der Waals surface area contributed by atoms with Gasteiger partial charge in [-0.15, -0.1) is 0 Å². The third kappa shape index (κ3) is 6.17. The molecule has 110 valence electrons. The summed E-state index contributed by atoms with van der Waals surface area (Å²) in [6.07, 6.45) is 7.92. The van der Waals surface area contributed by atoms with Gasteiger partial charge >= 0.3 is 0 Å². The Kier molecular flexibility index (Phi) is 8.62. The smallest absolute Gasteiger partial charge is 0.164 e. The summed E-state index contributed by atoms with van der Waals surface area (Å²) in [6.45, 7) is 10.1. The van der Waals surface area contributed by atoms with Gasteiger partial charge in [-0.05, 0) is 37.8 Å². The average molecular weight is 266 g/mol. The summed E-state index contributed by atoms with van der Waals surface area (Å²) in [5.41, 5.74) is 0.323. The van der Waals surface area contributed by atoms with Gasteiger partial charge in [0, 0.05) is 11.8 Å². The quantitative estimate of drug-likeness (QED) is 0.529. The number of carbonyl (C=O) groups excluding carboxylic acids is 2. The number of Topliss-reactive ketones (excluding diaryl/α,β-unsaturated/α-hetero) is 1. The van der Waals surface area contributed by atoms with E-state index in [0.717, 1.165) is 38.5 Å². The highest BCUT2D eigenvalue weighted by Gasteiger charge is 2.31. The van der Waals surface area contributed by atoms with Crippen LogP contribution in [0.1, 0.15) is 79.6 Å². The zero-order valence-electron chi connectivity index (χ0n) is 13.3. The van der Waals surface area contributed by atoms with Gasteiger partial charge in [0.25, 0.3) is 0 Å². The van der Waals surface area contributed by atoms with Gasteiger partial charge in [0.05, 0.1) is 0 Å². The third-order valence-corrected chi connectivity index (χ3v) is 3.92. The molecule has 0 saturated carbocycles. The number of allylic oxidation sites excluding steroid dienone is 2. The molecule has 0 aromatic heterocycles. The molecule has 0 fully saturated rings. The van der Waals surface area contributed by atoms with Crippen molar-refractivity contribution >= 4 is 11.6 Å². The summed E-state index contributed by atoms with van der Waals surface area (Å²) in [4.78, 5) is 24.2. The summed E-state index contributed by atoms with van der Waals surface area (Å²) in [5.74, 6) is 0.231. The van der Waals surface area contributed by atoms with Crippen LogP contribution in [0, 0.1) is 5.41 Å². The Labute approximate surface area is 118 Å². The monoisotopic (exact) mass is 266 g/mol. The van der Waals surface area contributed by atoms with Crippen molar-refractivity contribution in [1.29, 1.82) is 0 Å². The van der Waals surface area contributed by atoms with Crippen molar-refractivity contribution in [3.63, 3.8) is 0 Å². The van der Waals surface area contributed by atoms with Crippen LogP contribution in [0.2, 0.25) is 0 Å². The molecule has 19 heavy (non-hydrogen) atoms. The number of carbonyl (C=O) groups is 2. The molecule has 0 aromatic carbocycles. The van der Waals surface area contributed by atoms with Crippen LogP contribution in [0.15, 0.2) is 11.6 Å². The predicted octanol–water partition coefficient (Wildman–Crippen LogP) is 4.87. The van der Waals surface area contributed by atoms with E-state index in [4.69, 9.17) is 0 Å². The van der Waals surface area contributed by atoms with Crippen molar-refractivity contribution in [3.8, 4) is 0 Å². The minimum Gasteiger partial charge on any atom is -0.295 e. The molecule has 0 heterocycles. The second-order valence-corrected chi connectivity index (χ2v) is 5.74. The van der Waals surface area contributed by atoms with Crippen LogP contribution in [0.4, 0.5) is 0 Å². The first-order chi connectivity index (χ1) is 8.91. The van der Waals surface area contributed by atoms with Crippen LogP contribution in [0.3, 0.4) is 0 Å². The SMILES string of the molecule is CCCCC(=O)C=C(C)C(=O)C(C)(CC)CCCC. The first-order valence-corrected chi connectivity index (χ1v) is 7.67. The lowest BCUT2D eigenvalue weighted by Crippen LogP contribution is -2.28. The van der Waals surface area contributed by atoms with E-state index in [1.165, 1.54) is 0 Å². The van der Waals surface area contributed by atoms with Crippen LogP contribution >= 0.6 is 0 Å². The molecular formula is C17H30O2. The maximum absolute atomic E-state index is 12.5. The van der Waals surface area contributed by atoms with Crippen molar-refractivity contribution in [2.45, 2.75) is 79.6 Å². The lowest BCUT2D eigenvalue weighted by atomic mass is 9.76. The second-order valence-electron chi connectivity index (χ2n) is 5.74. The molecule has 0 radical (unpaired) electrons. The van der Waals surface area contributed by atoms with Gasteiger partial charge in [-0.3, -0.25) is 9.59 Å². The van der Waals surface area contributed by atoms with Gasteiger partial charge in [0.1, 0.15) is 0 Å². The maximum Gasteiger partial charge on any atom is 0.164 e. The normalized spacial score (nSPS) is 15.1. The van der Waals surface area contributed by atoms with Crippen LogP contribution < -0.4 is 0 Å². The molecule has 0 N–H and O–H groups in total. The minimum absolute atomic E-state index is 0.0849. The number of hydrogen-bond donors (Lipinski definition) is 0. The molecule has 0 bridgehead atoms. The molecule has 0 aromatic rings. The van der Waals surface area contributed by atoms with Crippen LogP contribution in [0.5, 0.6) is 0 Å². The molecule has 2 heteroatoms. The number of rotatable bonds is 10. The summed E-state index contributed by atoms with van der Waals surface area (Å²) in [6, 6.07) is 0. The Bertz CT molecular complexity index is 328. The highest BCUT2D eigenvalue weighted by Crippen LogP contribution is 2.32. The highest BCUT2D eigenvalue weighted by molar-refractivity contribution is 6.04. The molecule has 0 amide bonds. The van der Waals surface area contributed by atoms with E-state index in [-0.39, 0.29) is 17.0 Å². The Hall–Kier alpha value is -0.920. The molecule has 1 atom stereocenters.